The molecule has 18 aromatic rings. The molecule has 0 saturated heterocycles. The summed E-state index contributed by atoms with van der Waals surface area (Å²) >= 11 is 3.54. The molecule has 12 nitrogen and oxygen atoms in total. The first-order valence-electron chi connectivity index (χ1n) is 33.9. The molecule has 500 valence electrons. The van der Waals surface area contributed by atoms with E-state index in [1.165, 1.54) is 55.1 Å². The summed E-state index contributed by atoms with van der Waals surface area (Å²) in [6.45, 7) is 18.0. The van der Waals surface area contributed by atoms with Gasteiger partial charge in [0.25, 0.3) is 0 Å². The van der Waals surface area contributed by atoms with Crippen LogP contribution >= 0.6 is 15.9 Å². The van der Waals surface area contributed by atoms with Gasteiger partial charge in [-0.2, -0.15) is 0 Å². The molecule has 0 amide bonds. The largest absolute Gasteiger partial charge is 0.457 e. The van der Waals surface area contributed by atoms with Crippen LogP contribution in [0.5, 0.6) is 11.5 Å². The van der Waals surface area contributed by atoms with Crippen LogP contribution < -0.4 is 10.2 Å². The minimum Gasteiger partial charge on any atom is -0.457 e. The minimum atomic E-state index is -0.00492. The topological polar surface area (TPSA) is 125 Å². The number of nitrogens with one attached hydrogen (secondary N) is 1. The van der Waals surface area contributed by atoms with E-state index in [2.05, 4.69) is 245 Å². The van der Waals surface area contributed by atoms with Gasteiger partial charge in [-0.25, -0.2) is 19.9 Å². The van der Waals surface area contributed by atoms with Crippen molar-refractivity contribution in [2.24, 2.45) is 0 Å². The summed E-state index contributed by atoms with van der Waals surface area (Å²) in [5, 5.41) is 8.63. The minimum absolute atomic E-state index is 0. The van der Waals surface area contributed by atoms with E-state index in [1.807, 2.05) is 97.8 Å². The number of hydrogen-bond acceptors (Lipinski definition) is 7. The highest BCUT2D eigenvalue weighted by atomic mass is 79.9. The van der Waals surface area contributed by atoms with Crippen molar-refractivity contribution in [3.05, 3.63) is 293 Å². The summed E-state index contributed by atoms with van der Waals surface area (Å²) in [6.07, 6.45) is 11.5. The highest BCUT2D eigenvalue weighted by molar-refractivity contribution is 9.10. The Hall–Kier alpha value is -11.5. The first kappa shape index (κ1) is 66.7. The molecule has 0 atom stereocenters. The third-order valence-electron chi connectivity index (χ3n) is 19.1. The van der Waals surface area contributed by atoms with Crippen LogP contribution in [0.25, 0.3) is 133 Å². The maximum Gasteiger partial charge on any atom is 0.179 e. The second-order valence-corrected chi connectivity index (χ2v) is 27.5. The van der Waals surface area contributed by atoms with Crippen molar-refractivity contribution in [2.45, 2.75) is 93.9 Å². The Kier molecular flexibility index (Phi) is 18.0. The van der Waals surface area contributed by atoms with Crippen molar-refractivity contribution in [1.29, 1.82) is 0 Å². The number of ether oxygens (including phenoxy) is 1. The molecule has 0 radical (unpaired) electrons. The summed E-state index contributed by atoms with van der Waals surface area (Å²) in [6, 6.07) is 74.6. The van der Waals surface area contributed by atoms with Crippen molar-refractivity contribution >= 4 is 115 Å². The third-order valence-corrected chi connectivity index (χ3v) is 19.6. The fraction of sp³-hybridized carbons (Fsp3) is 0.159. The SMILES string of the molecule is Brc1cccc(-n2c3ccccc3c3cccnc32)c1.C.C.CC(C)c1cccc(C(C)C)c1-c1cnc2c3cc(=O)ccc3c3[nH]cccc3n12.CC(C)c1cccc(C(C)C)c1-c1cnc2c3cc(Oc4cccc(-n5c6ccccc6c6cccnc65)c4)ccc3c3ncccc3n12. The Labute approximate surface area is 595 Å². The highest BCUT2D eigenvalue weighted by Gasteiger charge is 2.25. The lowest BCUT2D eigenvalue weighted by Gasteiger charge is -2.20. The smallest absolute Gasteiger partial charge is 0.179 e. The molecule has 10 heterocycles. The summed E-state index contributed by atoms with van der Waals surface area (Å²) in [5.74, 6) is 2.96. The van der Waals surface area contributed by atoms with Crippen molar-refractivity contribution < 1.29 is 4.74 Å². The van der Waals surface area contributed by atoms with Crippen molar-refractivity contribution in [3.8, 4) is 45.4 Å². The van der Waals surface area contributed by atoms with Gasteiger partial charge in [-0.15, -0.1) is 0 Å². The average molecular weight is 1390 g/mol. The van der Waals surface area contributed by atoms with E-state index < -0.39 is 0 Å². The zero-order valence-corrected chi connectivity index (χ0v) is 57.9. The van der Waals surface area contributed by atoms with Crippen LogP contribution in [0.15, 0.2) is 265 Å². The van der Waals surface area contributed by atoms with E-state index in [1.54, 1.807) is 12.1 Å². The number of rotatable bonds is 10. The Bertz CT molecular complexity index is 6090. The molecular weight excluding hydrogens is 1310 g/mol. The maximum atomic E-state index is 12.2. The zero-order valence-electron chi connectivity index (χ0n) is 56.3. The first-order chi connectivity index (χ1) is 48.3. The van der Waals surface area contributed by atoms with Gasteiger partial charge in [-0.3, -0.25) is 27.7 Å². The van der Waals surface area contributed by atoms with Crippen molar-refractivity contribution in [3.63, 3.8) is 0 Å². The molecule has 13 heteroatoms. The predicted octanol–water partition coefficient (Wildman–Crippen LogP) is 23.7. The molecule has 18 rings (SSSR count). The summed E-state index contributed by atoms with van der Waals surface area (Å²) in [5.41, 5.74) is 22.0. The zero-order chi connectivity index (χ0) is 67.7. The number of H-pyrrole nitrogens is 1. The number of nitrogens with zero attached hydrogens (tertiary/aromatic N) is 9. The lowest BCUT2D eigenvalue weighted by Crippen LogP contribution is -2.03. The van der Waals surface area contributed by atoms with Crippen LogP contribution in [0.2, 0.25) is 0 Å². The van der Waals surface area contributed by atoms with Gasteiger partial charge in [-0.05, 0) is 173 Å². The van der Waals surface area contributed by atoms with E-state index in [-0.39, 0.29) is 20.3 Å². The van der Waals surface area contributed by atoms with Gasteiger partial charge in [0.05, 0.1) is 62.6 Å². The second-order valence-electron chi connectivity index (χ2n) is 26.6. The van der Waals surface area contributed by atoms with Gasteiger partial charge in [0.15, 0.2) is 5.43 Å². The number of aromatic amines is 1. The van der Waals surface area contributed by atoms with E-state index >= 15 is 0 Å². The normalized spacial score (nSPS) is 11.7. The summed E-state index contributed by atoms with van der Waals surface area (Å²) in [4.78, 5) is 39.7. The van der Waals surface area contributed by atoms with Crippen LogP contribution in [0.3, 0.4) is 0 Å². The van der Waals surface area contributed by atoms with Gasteiger partial charge in [-0.1, -0.05) is 171 Å². The number of fused-ring (bicyclic) bond motifs is 18. The van der Waals surface area contributed by atoms with Gasteiger partial charge in [0, 0.05) is 95.2 Å². The fourth-order valence-electron chi connectivity index (χ4n) is 14.7. The molecule has 0 aliphatic rings. The summed E-state index contributed by atoms with van der Waals surface area (Å²) < 4.78 is 16.6. The molecule has 0 saturated carbocycles. The van der Waals surface area contributed by atoms with Crippen LogP contribution in [-0.4, -0.2) is 47.8 Å². The predicted molar refractivity (Wildman–Crippen MR) is 424 cm³/mol. The maximum absolute atomic E-state index is 12.2. The van der Waals surface area contributed by atoms with Crippen molar-refractivity contribution in [2.75, 3.05) is 0 Å². The van der Waals surface area contributed by atoms with Gasteiger partial charge >= 0.3 is 0 Å². The molecular formula is C88H79BrN10O2. The van der Waals surface area contributed by atoms with E-state index in [9.17, 15) is 4.79 Å². The van der Waals surface area contributed by atoms with E-state index in [0.717, 1.165) is 116 Å². The third kappa shape index (κ3) is 11.6. The van der Waals surface area contributed by atoms with Gasteiger partial charge in [0.1, 0.15) is 34.1 Å². The molecule has 0 unspecified atom stereocenters. The lowest BCUT2D eigenvalue weighted by atomic mass is 9.87. The average Bonchev–Trinajstić information content (AvgIpc) is 1.70. The molecule has 8 aromatic carbocycles. The lowest BCUT2D eigenvalue weighted by molar-refractivity contribution is 0.483. The Morgan fingerprint density at radius 2 is 0.842 bits per heavy atom. The number of halogens is 1. The second kappa shape index (κ2) is 27.3. The molecule has 101 heavy (non-hydrogen) atoms. The van der Waals surface area contributed by atoms with Gasteiger partial charge in [0.2, 0.25) is 0 Å². The molecule has 10 aromatic heterocycles. The number of pyridine rings is 6. The quantitative estimate of drug-likeness (QED) is 0.135. The van der Waals surface area contributed by atoms with Crippen LogP contribution in [-0.2, 0) is 0 Å². The van der Waals surface area contributed by atoms with E-state index in [0.29, 0.717) is 23.7 Å². The molecule has 0 bridgehead atoms. The van der Waals surface area contributed by atoms with Crippen molar-refractivity contribution in [1.82, 2.24) is 47.8 Å². The van der Waals surface area contributed by atoms with Crippen LogP contribution in [0.4, 0.5) is 0 Å². The van der Waals surface area contributed by atoms with Gasteiger partial charge < -0.3 is 9.72 Å². The Balaban J connectivity index is 0.000000141. The molecule has 0 aliphatic heterocycles. The number of aromatic nitrogens is 10. The molecule has 0 aliphatic carbocycles. The van der Waals surface area contributed by atoms with E-state index in [4.69, 9.17) is 24.7 Å². The standard InChI is InChI=1S/C43H35N5O.C26H25N3O.C17H11BrN2.2CH4/c1-26(2)31-14-8-15-32(27(3)4)40(31)39-25-46-43-36-24-30(19-20-34(36)41-38(48(39)43)18-10-21-44-41)49-29-12-7-11-28(23-29)47-37-17-6-5-13-33(37)35-16-9-22-45-42(35)47;1-15(2)18-7-5-8-19(16(3)4)24(18)23-14-28-26-21-13-17(30)10-11-20(21)25-22(29(23)26)9-6-12-27-25;18-12-5-3-6-13(11-12)20-16-9-2-1-7-14(16)15-8-4-10-19-17(15)20;;/h5-27H,1-4H3;5-16,27H,1-4H3;1-11H;2*1H4. The number of para-hydroxylation sites is 2. The Morgan fingerprint density at radius 1 is 0.376 bits per heavy atom. The molecule has 0 spiro atoms. The highest BCUT2D eigenvalue weighted by Crippen LogP contribution is 2.43. The number of imidazole rings is 2. The number of hydrogen-bond donors (Lipinski definition) is 1. The molecule has 0 fully saturated rings. The van der Waals surface area contributed by atoms with Crippen LogP contribution in [0.1, 0.15) is 116 Å². The first-order valence-corrected chi connectivity index (χ1v) is 34.7. The Morgan fingerprint density at radius 3 is 1.42 bits per heavy atom. The molecule has 1 N–H and O–H groups in total. The monoisotopic (exact) mass is 1390 g/mol. The number of benzene rings is 8. The van der Waals surface area contributed by atoms with Crippen LogP contribution in [0, 0.1) is 0 Å². The summed E-state index contributed by atoms with van der Waals surface area (Å²) in [7, 11) is 0. The fourth-order valence-corrected chi connectivity index (χ4v) is 15.1.